The molecular formula is C13H14ClN5O4. The van der Waals surface area contributed by atoms with E-state index in [4.69, 9.17) is 22.1 Å². The maximum Gasteiger partial charge on any atom is 0.225 e. The van der Waals surface area contributed by atoms with Gasteiger partial charge >= 0.3 is 0 Å². The number of hydrogen-bond acceptors (Lipinski definition) is 8. The van der Waals surface area contributed by atoms with E-state index < -0.39 is 30.0 Å². The lowest BCUT2D eigenvalue weighted by atomic mass is 9.89. The number of fused-ring (bicyclic) bond motifs is 1. The Labute approximate surface area is 135 Å². The normalized spacial score (nSPS) is 33.9. The zero-order valence-electron chi connectivity index (χ0n) is 11.8. The quantitative estimate of drug-likeness (QED) is 0.507. The molecule has 0 saturated carbocycles. The molecule has 10 heteroatoms. The van der Waals surface area contributed by atoms with Crippen LogP contribution in [0.2, 0.25) is 0 Å². The van der Waals surface area contributed by atoms with Crippen molar-refractivity contribution in [2.75, 3.05) is 18.2 Å². The molecule has 4 atom stereocenters. The maximum absolute atomic E-state index is 10.5. The van der Waals surface area contributed by atoms with Crippen molar-refractivity contribution >= 4 is 22.9 Å². The van der Waals surface area contributed by atoms with Crippen LogP contribution >= 0.6 is 11.6 Å². The molecule has 0 radical (unpaired) electrons. The Morgan fingerprint density at radius 3 is 2.74 bits per heavy atom. The van der Waals surface area contributed by atoms with Crippen LogP contribution < -0.4 is 5.73 Å². The lowest BCUT2D eigenvalue weighted by Gasteiger charge is -2.28. The molecule has 122 valence electrons. The second kappa shape index (κ2) is 5.30. The number of aliphatic hydroxyl groups excluding tert-OH is 3. The molecule has 9 nitrogen and oxygen atoms in total. The third kappa shape index (κ3) is 1.94. The minimum absolute atomic E-state index is 0.149. The predicted molar refractivity (Wildman–Crippen MR) is 78.3 cm³/mol. The van der Waals surface area contributed by atoms with E-state index in [0.29, 0.717) is 5.52 Å². The molecule has 0 aliphatic carbocycles. The van der Waals surface area contributed by atoms with E-state index >= 15 is 0 Å². The van der Waals surface area contributed by atoms with Crippen LogP contribution in [0, 0.1) is 11.3 Å². The van der Waals surface area contributed by atoms with Gasteiger partial charge in [0, 0.05) is 0 Å². The lowest BCUT2D eigenvalue weighted by molar-refractivity contribution is -0.122. The van der Waals surface area contributed by atoms with Gasteiger partial charge in [-0.2, -0.15) is 10.4 Å². The van der Waals surface area contributed by atoms with Gasteiger partial charge in [-0.15, -0.1) is 11.6 Å². The van der Waals surface area contributed by atoms with E-state index in [1.54, 1.807) is 6.07 Å². The van der Waals surface area contributed by atoms with Crippen LogP contribution in [0.1, 0.15) is 5.69 Å². The molecule has 0 aromatic carbocycles. The summed E-state index contributed by atoms with van der Waals surface area (Å²) in [7, 11) is 0. The summed E-state index contributed by atoms with van der Waals surface area (Å²) in [5, 5.41) is 43.9. The van der Waals surface area contributed by atoms with Gasteiger partial charge in [0.25, 0.3) is 0 Å². The van der Waals surface area contributed by atoms with E-state index in [-0.39, 0.29) is 17.4 Å². The zero-order valence-corrected chi connectivity index (χ0v) is 12.6. The Kier molecular flexibility index (Phi) is 3.66. The van der Waals surface area contributed by atoms with Gasteiger partial charge in [-0.1, -0.05) is 0 Å². The first kappa shape index (κ1) is 15.9. The molecule has 3 heterocycles. The Hall–Kier alpha value is -1.96. The summed E-state index contributed by atoms with van der Waals surface area (Å²) < 4.78 is 6.93. The SMILES string of the molecule is N#C[C@@]1(c2ccc3c(N)ncnn23)O[C@@](CO)(CCl)[C@@H](O)[C@H]1O. The van der Waals surface area contributed by atoms with Gasteiger partial charge in [0.15, 0.2) is 5.82 Å². The summed E-state index contributed by atoms with van der Waals surface area (Å²) >= 11 is 5.80. The topological polar surface area (TPSA) is 150 Å². The van der Waals surface area contributed by atoms with Crippen LogP contribution in [0.25, 0.3) is 5.52 Å². The van der Waals surface area contributed by atoms with Crippen LogP contribution in [0.15, 0.2) is 18.5 Å². The van der Waals surface area contributed by atoms with Gasteiger partial charge in [-0.25, -0.2) is 9.50 Å². The van der Waals surface area contributed by atoms with Gasteiger partial charge in [-0.3, -0.25) is 0 Å². The van der Waals surface area contributed by atoms with Gasteiger partial charge in [0.2, 0.25) is 5.60 Å². The highest BCUT2D eigenvalue weighted by molar-refractivity contribution is 6.18. The number of nitriles is 1. The fourth-order valence-electron chi connectivity index (χ4n) is 2.81. The van der Waals surface area contributed by atoms with Crippen LogP contribution in [-0.2, 0) is 10.3 Å². The highest BCUT2D eigenvalue weighted by Crippen LogP contribution is 2.45. The fourth-order valence-corrected chi connectivity index (χ4v) is 3.11. The average molecular weight is 340 g/mol. The molecule has 0 amide bonds. The van der Waals surface area contributed by atoms with Crippen molar-refractivity contribution in [3.8, 4) is 6.07 Å². The number of aliphatic hydroxyl groups is 3. The van der Waals surface area contributed by atoms with E-state index in [2.05, 4.69) is 10.1 Å². The van der Waals surface area contributed by atoms with Gasteiger partial charge in [-0.05, 0) is 12.1 Å². The molecule has 0 unspecified atom stereocenters. The Bertz CT molecular complexity index is 786. The molecule has 1 aliphatic heterocycles. The average Bonchev–Trinajstić information content (AvgIpc) is 3.09. The number of nitrogens with two attached hydrogens (primary N) is 1. The molecule has 1 aliphatic rings. The molecule has 2 aromatic heterocycles. The van der Waals surface area contributed by atoms with Crippen molar-refractivity contribution in [2.24, 2.45) is 0 Å². The van der Waals surface area contributed by atoms with E-state index in [1.807, 2.05) is 6.07 Å². The first-order valence-corrected chi connectivity index (χ1v) is 7.22. The highest BCUT2D eigenvalue weighted by Gasteiger charge is 2.64. The van der Waals surface area contributed by atoms with Crippen LogP contribution in [0.3, 0.4) is 0 Å². The van der Waals surface area contributed by atoms with Crippen molar-refractivity contribution in [3.05, 3.63) is 24.2 Å². The maximum atomic E-state index is 10.5. The number of aromatic nitrogens is 3. The molecule has 5 N–H and O–H groups in total. The second-order valence-corrected chi connectivity index (χ2v) is 5.62. The monoisotopic (exact) mass is 339 g/mol. The first-order valence-electron chi connectivity index (χ1n) is 6.69. The molecule has 1 fully saturated rings. The van der Waals surface area contributed by atoms with Crippen LogP contribution in [-0.4, -0.2) is 60.2 Å². The molecule has 3 rings (SSSR count). The largest absolute Gasteiger partial charge is 0.393 e. The molecule has 23 heavy (non-hydrogen) atoms. The van der Waals surface area contributed by atoms with Crippen molar-refractivity contribution in [3.63, 3.8) is 0 Å². The standard InChI is InChI=1S/C13H14ClN5O4/c14-3-12(5-20)9(21)10(22)13(4-15,23-12)8-2-1-7-11(16)17-6-18-19(7)8/h1-2,6,9-10,20-22H,3,5H2,(H2,16,17,18)/t9-,10+,12+,13-/m0/s1. The smallest absolute Gasteiger partial charge is 0.225 e. The van der Waals surface area contributed by atoms with E-state index in [1.165, 1.54) is 16.9 Å². The molecule has 0 spiro atoms. The van der Waals surface area contributed by atoms with Crippen molar-refractivity contribution < 1.29 is 20.1 Å². The fraction of sp³-hybridized carbons (Fsp3) is 0.462. The summed E-state index contributed by atoms with van der Waals surface area (Å²) in [6.07, 6.45) is -2.02. The number of hydrogen-bond donors (Lipinski definition) is 4. The number of anilines is 1. The molecular weight excluding hydrogens is 326 g/mol. The van der Waals surface area contributed by atoms with Crippen molar-refractivity contribution in [1.82, 2.24) is 14.6 Å². The van der Waals surface area contributed by atoms with Crippen LogP contribution in [0.5, 0.6) is 0 Å². The zero-order chi connectivity index (χ0) is 16.8. The lowest BCUT2D eigenvalue weighted by Crippen LogP contribution is -2.47. The van der Waals surface area contributed by atoms with E-state index in [0.717, 1.165) is 0 Å². The summed E-state index contributed by atoms with van der Waals surface area (Å²) in [4.78, 5) is 3.84. The van der Waals surface area contributed by atoms with Gasteiger partial charge in [0.1, 0.15) is 35.7 Å². The summed E-state index contributed by atoms with van der Waals surface area (Å²) in [6, 6.07) is 4.92. The number of ether oxygens (including phenoxy) is 1. The van der Waals surface area contributed by atoms with Gasteiger partial charge < -0.3 is 25.8 Å². The molecule has 1 saturated heterocycles. The predicted octanol–water partition coefficient (Wildman–Crippen LogP) is -1.25. The summed E-state index contributed by atoms with van der Waals surface area (Å²) in [5.74, 6) is -0.135. The molecule has 2 aromatic rings. The number of rotatable bonds is 3. The van der Waals surface area contributed by atoms with Crippen LogP contribution in [0.4, 0.5) is 5.82 Å². The van der Waals surface area contributed by atoms with Gasteiger partial charge in [0.05, 0.1) is 18.2 Å². The third-order valence-electron chi connectivity index (χ3n) is 4.14. The third-order valence-corrected chi connectivity index (χ3v) is 4.59. The minimum atomic E-state index is -1.97. The van der Waals surface area contributed by atoms with Crippen molar-refractivity contribution in [2.45, 2.75) is 23.4 Å². The Balaban J connectivity index is 2.23. The minimum Gasteiger partial charge on any atom is -0.393 e. The van der Waals surface area contributed by atoms with E-state index in [9.17, 15) is 20.6 Å². The number of nitrogen functional groups attached to an aromatic ring is 1. The number of alkyl halides is 1. The molecule has 0 bridgehead atoms. The Morgan fingerprint density at radius 2 is 2.17 bits per heavy atom. The highest BCUT2D eigenvalue weighted by atomic mass is 35.5. The number of nitrogens with zero attached hydrogens (tertiary/aromatic N) is 4. The number of halogens is 1. The first-order chi connectivity index (χ1) is 11.0. The Morgan fingerprint density at radius 1 is 1.43 bits per heavy atom. The summed E-state index contributed by atoms with van der Waals surface area (Å²) in [5.41, 5.74) is 2.68. The van der Waals surface area contributed by atoms with Crippen molar-refractivity contribution in [1.29, 1.82) is 5.26 Å². The second-order valence-electron chi connectivity index (χ2n) is 5.36. The summed E-state index contributed by atoms with van der Waals surface area (Å²) in [6.45, 7) is -0.668.